The van der Waals surface area contributed by atoms with Gasteiger partial charge in [0.15, 0.2) is 0 Å². The predicted octanol–water partition coefficient (Wildman–Crippen LogP) is 3.31. The highest BCUT2D eigenvalue weighted by molar-refractivity contribution is 5.67. The zero-order valence-corrected chi connectivity index (χ0v) is 20.5. The zero-order valence-electron chi connectivity index (χ0n) is 20.5. The topological polar surface area (TPSA) is 130 Å². The van der Waals surface area contributed by atoms with Crippen LogP contribution in [0.1, 0.15) is 90.9 Å². The number of rotatable bonds is 16. The molecule has 1 fully saturated rings. The first-order valence-corrected chi connectivity index (χ1v) is 12.8. The molecule has 0 aromatic rings. The van der Waals surface area contributed by atoms with E-state index < -0.39 is 24.3 Å². The normalized spacial score (nSPS) is 25.0. The number of aliphatic hydroxyl groups excluding tert-OH is 4. The molecule has 192 valence electrons. The van der Waals surface area contributed by atoms with Crippen molar-refractivity contribution in [3.05, 3.63) is 23.8 Å². The van der Waals surface area contributed by atoms with Gasteiger partial charge in [-0.1, -0.05) is 56.4 Å². The fraction of sp³-hybridized carbons (Fsp3) is 0.808. The number of unbranched alkanes of at least 4 members (excludes halogenated alkanes) is 2. The molecule has 1 saturated heterocycles. The van der Waals surface area contributed by atoms with Crippen LogP contribution in [0.25, 0.3) is 0 Å². The first-order chi connectivity index (χ1) is 15.8. The lowest BCUT2D eigenvalue weighted by molar-refractivity contribution is -0.138. The van der Waals surface area contributed by atoms with Crippen molar-refractivity contribution in [3.8, 4) is 0 Å². The molecule has 1 aliphatic heterocycles. The third kappa shape index (κ3) is 13.3. The minimum Gasteiger partial charge on any atom is -0.481 e. The Kier molecular flexibility index (Phi) is 15.5. The van der Waals surface area contributed by atoms with Gasteiger partial charge in [0.25, 0.3) is 0 Å². The van der Waals surface area contributed by atoms with Gasteiger partial charge >= 0.3 is 5.97 Å². The third-order valence-electron chi connectivity index (χ3n) is 6.58. The van der Waals surface area contributed by atoms with E-state index >= 15 is 0 Å². The van der Waals surface area contributed by atoms with E-state index in [9.17, 15) is 30.3 Å². The van der Waals surface area contributed by atoms with Crippen molar-refractivity contribution in [3.63, 3.8) is 0 Å². The van der Waals surface area contributed by atoms with Gasteiger partial charge in [-0.15, -0.1) is 0 Å². The number of aliphatic carboxylic acids is 1. The van der Waals surface area contributed by atoms with E-state index in [-0.39, 0.29) is 25.0 Å². The van der Waals surface area contributed by atoms with E-state index in [1.165, 1.54) is 0 Å². The van der Waals surface area contributed by atoms with Crippen molar-refractivity contribution in [2.45, 2.75) is 121 Å². The molecule has 6 N–H and O–H groups in total. The Morgan fingerprint density at radius 3 is 2.58 bits per heavy atom. The van der Waals surface area contributed by atoms with Crippen LogP contribution >= 0.6 is 0 Å². The standard InChI is InChI=1S/C26H47NO6/c1-3-4-14-24(30)25(31)15-8-11-20(16-22(29)18-28)10-5-6-13-23-21(17-26(32)33)12-7-9-19(2)27-23/h8,11,15,19,21-25,27-31H,3-7,9-10,12-14,16-18H2,1-2H3,(H,32,33)/b15-8+,20-11-/t19-,21+,22+,23+,24+,25-/m1/s1. The zero-order chi connectivity index (χ0) is 24.6. The fourth-order valence-corrected chi connectivity index (χ4v) is 4.61. The summed E-state index contributed by atoms with van der Waals surface area (Å²) in [6, 6.07) is 0.599. The van der Waals surface area contributed by atoms with Crippen LogP contribution in [0.4, 0.5) is 0 Å². The van der Waals surface area contributed by atoms with Crippen molar-refractivity contribution in [1.82, 2.24) is 5.32 Å². The maximum absolute atomic E-state index is 11.3. The Balaban J connectivity index is 2.62. The van der Waals surface area contributed by atoms with Crippen LogP contribution in [0.3, 0.4) is 0 Å². The van der Waals surface area contributed by atoms with Gasteiger partial charge in [0.05, 0.1) is 24.9 Å². The molecule has 0 saturated carbocycles. The smallest absolute Gasteiger partial charge is 0.303 e. The van der Waals surface area contributed by atoms with Gasteiger partial charge in [-0.3, -0.25) is 4.79 Å². The van der Waals surface area contributed by atoms with Crippen molar-refractivity contribution in [2.24, 2.45) is 5.92 Å². The summed E-state index contributed by atoms with van der Waals surface area (Å²) in [6.07, 6.45) is 12.1. The second-order valence-corrected chi connectivity index (χ2v) is 9.66. The van der Waals surface area contributed by atoms with Crippen molar-refractivity contribution in [2.75, 3.05) is 6.61 Å². The quantitative estimate of drug-likeness (QED) is 0.151. The Hall–Kier alpha value is -1.25. The number of hydrogen-bond acceptors (Lipinski definition) is 6. The summed E-state index contributed by atoms with van der Waals surface area (Å²) in [7, 11) is 0. The highest BCUT2D eigenvalue weighted by atomic mass is 16.4. The summed E-state index contributed by atoms with van der Waals surface area (Å²) in [5, 5.41) is 52.1. The van der Waals surface area contributed by atoms with Crippen molar-refractivity contribution < 1.29 is 30.3 Å². The minimum absolute atomic E-state index is 0.155. The highest BCUT2D eigenvalue weighted by Gasteiger charge is 2.27. The average molecular weight is 470 g/mol. The molecule has 0 aromatic heterocycles. The monoisotopic (exact) mass is 469 g/mol. The van der Waals surface area contributed by atoms with Gasteiger partial charge in [0, 0.05) is 18.5 Å². The molecule has 0 bridgehead atoms. The summed E-state index contributed by atoms with van der Waals surface area (Å²) >= 11 is 0. The van der Waals surface area contributed by atoms with E-state index in [0.29, 0.717) is 18.9 Å². The van der Waals surface area contributed by atoms with Crippen molar-refractivity contribution in [1.29, 1.82) is 0 Å². The van der Waals surface area contributed by atoms with E-state index in [2.05, 4.69) is 12.2 Å². The third-order valence-corrected chi connectivity index (χ3v) is 6.58. The van der Waals surface area contributed by atoms with Crippen LogP contribution in [0, 0.1) is 5.92 Å². The number of carboxylic acids is 1. The summed E-state index contributed by atoms with van der Waals surface area (Å²) in [6.45, 7) is 3.89. The SMILES string of the molecule is CCCC[C@H](O)[C@H](O)/C=C/C=C(/CCCC[C@@H]1N[C@H](C)CCC[C@H]1CC(=O)O)C[C@H](O)CO. The molecule has 1 rings (SSSR count). The second-order valence-electron chi connectivity index (χ2n) is 9.66. The van der Waals surface area contributed by atoms with E-state index in [4.69, 9.17) is 0 Å². The summed E-state index contributed by atoms with van der Waals surface area (Å²) in [5.74, 6) is -0.583. The molecular weight excluding hydrogens is 422 g/mol. The summed E-state index contributed by atoms with van der Waals surface area (Å²) in [5.41, 5.74) is 0.979. The number of allylic oxidation sites excluding steroid dienone is 2. The van der Waals surface area contributed by atoms with E-state index in [1.807, 2.05) is 13.0 Å². The molecule has 7 nitrogen and oxygen atoms in total. The minimum atomic E-state index is -0.925. The van der Waals surface area contributed by atoms with Crippen LogP contribution in [0.5, 0.6) is 0 Å². The lowest BCUT2D eigenvalue weighted by atomic mass is 9.88. The van der Waals surface area contributed by atoms with Gasteiger partial charge in [-0.2, -0.15) is 0 Å². The molecule has 1 heterocycles. The summed E-state index contributed by atoms with van der Waals surface area (Å²) < 4.78 is 0. The first-order valence-electron chi connectivity index (χ1n) is 12.8. The fourth-order valence-electron chi connectivity index (χ4n) is 4.61. The molecule has 6 atom stereocenters. The Morgan fingerprint density at radius 2 is 1.91 bits per heavy atom. The average Bonchev–Trinajstić information content (AvgIpc) is 2.94. The summed E-state index contributed by atoms with van der Waals surface area (Å²) in [4.78, 5) is 11.3. The second kappa shape index (κ2) is 17.2. The number of nitrogens with one attached hydrogen (secondary N) is 1. The van der Waals surface area contributed by atoms with E-state index in [1.54, 1.807) is 12.2 Å². The lowest BCUT2D eigenvalue weighted by Crippen LogP contribution is -2.40. The number of aliphatic hydroxyl groups is 4. The van der Waals surface area contributed by atoms with Crippen LogP contribution in [0.2, 0.25) is 0 Å². The molecule has 0 aliphatic carbocycles. The van der Waals surface area contributed by atoms with Gasteiger partial charge in [-0.05, 0) is 57.8 Å². The van der Waals surface area contributed by atoms with E-state index in [0.717, 1.165) is 63.4 Å². The predicted molar refractivity (Wildman–Crippen MR) is 131 cm³/mol. The van der Waals surface area contributed by atoms with Crippen LogP contribution in [-0.4, -0.2) is 68.5 Å². The molecule has 0 amide bonds. The van der Waals surface area contributed by atoms with Crippen LogP contribution < -0.4 is 5.32 Å². The van der Waals surface area contributed by atoms with Gasteiger partial charge in [0.1, 0.15) is 0 Å². The molecular formula is C26H47NO6. The molecule has 1 aliphatic rings. The maximum Gasteiger partial charge on any atom is 0.303 e. The maximum atomic E-state index is 11.3. The highest BCUT2D eigenvalue weighted by Crippen LogP contribution is 2.26. The molecule has 0 radical (unpaired) electrons. The molecule has 33 heavy (non-hydrogen) atoms. The van der Waals surface area contributed by atoms with Crippen molar-refractivity contribution >= 4 is 5.97 Å². The van der Waals surface area contributed by atoms with Gasteiger partial charge in [0.2, 0.25) is 0 Å². The lowest BCUT2D eigenvalue weighted by Gasteiger charge is -2.26. The number of hydrogen-bond donors (Lipinski definition) is 6. The van der Waals surface area contributed by atoms with Gasteiger partial charge in [-0.25, -0.2) is 0 Å². The Bertz CT molecular complexity index is 593. The molecule has 7 heteroatoms. The Morgan fingerprint density at radius 1 is 1.15 bits per heavy atom. The molecule has 0 spiro atoms. The number of carbonyl (C=O) groups is 1. The number of carboxylic acid groups (broad SMARTS) is 1. The van der Waals surface area contributed by atoms with Crippen LogP contribution in [0.15, 0.2) is 23.8 Å². The Labute approximate surface area is 199 Å². The largest absolute Gasteiger partial charge is 0.481 e. The molecule has 0 unspecified atom stereocenters. The van der Waals surface area contributed by atoms with Crippen LogP contribution in [-0.2, 0) is 4.79 Å². The van der Waals surface area contributed by atoms with Gasteiger partial charge < -0.3 is 30.8 Å². The molecule has 0 aromatic carbocycles. The first kappa shape index (κ1) is 29.8.